The van der Waals surface area contributed by atoms with E-state index in [1.165, 1.54) is 0 Å². The molecule has 1 atom stereocenters. The summed E-state index contributed by atoms with van der Waals surface area (Å²) in [5.74, 6) is 1.87. The van der Waals surface area contributed by atoms with Gasteiger partial charge in [0.15, 0.2) is 11.5 Å². The van der Waals surface area contributed by atoms with E-state index in [1.54, 1.807) is 18.2 Å². The molecule has 2 aliphatic rings. The Kier molecular flexibility index (Phi) is 4.46. The van der Waals surface area contributed by atoms with Crippen molar-refractivity contribution in [2.45, 2.75) is 32.4 Å². The Bertz CT molecular complexity index is 840. The van der Waals surface area contributed by atoms with Crippen LogP contribution in [0.3, 0.4) is 0 Å². The zero-order valence-electron chi connectivity index (χ0n) is 15.0. The number of nitrogens with one attached hydrogen (secondary N) is 1. The number of hydrogen-bond donors (Lipinski definition) is 1. The van der Waals surface area contributed by atoms with Crippen molar-refractivity contribution in [3.05, 3.63) is 47.0 Å². The van der Waals surface area contributed by atoms with Crippen molar-refractivity contribution in [2.75, 3.05) is 20.4 Å². The highest BCUT2D eigenvalue weighted by Gasteiger charge is 2.26. The van der Waals surface area contributed by atoms with E-state index in [4.69, 9.17) is 9.47 Å². The molecular formula is C19H22N4O3. The molecule has 7 nitrogen and oxygen atoms in total. The Labute approximate surface area is 152 Å². The normalized spacial score (nSPS) is 18.9. The lowest BCUT2D eigenvalue weighted by atomic mass is 10.1. The minimum atomic E-state index is -0.158. The largest absolute Gasteiger partial charge is 0.454 e. The molecule has 3 heterocycles. The summed E-state index contributed by atoms with van der Waals surface area (Å²) in [7, 11) is 2.12. The van der Waals surface area contributed by atoms with Gasteiger partial charge in [0.2, 0.25) is 6.79 Å². The lowest BCUT2D eigenvalue weighted by Crippen LogP contribution is -2.26. The second-order valence-electron chi connectivity index (χ2n) is 6.72. The van der Waals surface area contributed by atoms with Gasteiger partial charge in [0.05, 0.1) is 11.7 Å². The molecule has 0 aliphatic carbocycles. The number of amides is 1. The van der Waals surface area contributed by atoms with Gasteiger partial charge in [-0.05, 0) is 51.6 Å². The summed E-state index contributed by atoms with van der Waals surface area (Å²) < 4.78 is 10.6. The number of rotatable bonds is 4. The van der Waals surface area contributed by atoms with Crippen LogP contribution in [-0.2, 0) is 6.54 Å². The summed E-state index contributed by atoms with van der Waals surface area (Å²) in [5.41, 5.74) is 2.52. The average molecular weight is 354 g/mol. The van der Waals surface area contributed by atoms with Crippen molar-refractivity contribution in [3.63, 3.8) is 0 Å². The Hall–Kier alpha value is -2.67. The molecule has 1 N–H and O–H groups in total. The van der Waals surface area contributed by atoms with Crippen LogP contribution in [-0.4, -0.2) is 41.2 Å². The molecule has 0 bridgehead atoms. The first-order chi connectivity index (χ1) is 12.6. The van der Waals surface area contributed by atoms with Crippen molar-refractivity contribution in [1.29, 1.82) is 0 Å². The maximum atomic E-state index is 12.5. The molecule has 2 aromatic rings. The van der Waals surface area contributed by atoms with Gasteiger partial charge in [-0.3, -0.25) is 9.69 Å². The van der Waals surface area contributed by atoms with E-state index in [0.29, 0.717) is 23.6 Å². The fourth-order valence-corrected chi connectivity index (χ4v) is 3.51. The number of ether oxygens (including phenoxy) is 2. The van der Waals surface area contributed by atoms with Gasteiger partial charge in [-0.15, -0.1) is 0 Å². The molecule has 136 valence electrons. The number of fused-ring (bicyclic) bond motifs is 1. The summed E-state index contributed by atoms with van der Waals surface area (Å²) >= 11 is 0. The molecule has 2 aliphatic heterocycles. The maximum Gasteiger partial charge on any atom is 0.251 e. The van der Waals surface area contributed by atoms with Gasteiger partial charge < -0.3 is 14.8 Å². The highest BCUT2D eigenvalue weighted by atomic mass is 16.7. The zero-order valence-corrected chi connectivity index (χ0v) is 15.0. The van der Waals surface area contributed by atoms with Crippen LogP contribution in [0.4, 0.5) is 0 Å². The fraction of sp³-hybridized carbons (Fsp3) is 0.421. The van der Waals surface area contributed by atoms with E-state index in [0.717, 1.165) is 36.5 Å². The van der Waals surface area contributed by atoms with Crippen LogP contribution in [0.5, 0.6) is 11.5 Å². The number of carbonyl (C=O) groups excluding carboxylic acids is 1. The molecular weight excluding hydrogens is 332 g/mol. The molecule has 1 unspecified atom stereocenters. The van der Waals surface area contributed by atoms with Gasteiger partial charge in [-0.2, -0.15) is 0 Å². The van der Waals surface area contributed by atoms with E-state index < -0.39 is 0 Å². The molecule has 1 aromatic heterocycles. The van der Waals surface area contributed by atoms with Crippen LogP contribution in [0.2, 0.25) is 0 Å². The quantitative estimate of drug-likeness (QED) is 0.907. The van der Waals surface area contributed by atoms with Gasteiger partial charge in [-0.25, -0.2) is 9.97 Å². The highest BCUT2D eigenvalue weighted by molar-refractivity contribution is 5.94. The topological polar surface area (TPSA) is 76.6 Å². The first-order valence-electron chi connectivity index (χ1n) is 8.82. The molecule has 4 rings (SSSR count). The smallest absolute Gasteiger partial charge is 0.251 e. The van der Waals surface area contributed by atoms with E-state index in [2.05, 4.69) is 27.2 Å². The Balaban J connectivity index is 1.50. The number of carbonyl (C=O) groups is 1. The van der Waals surface area contributed by atoms with E-state index in [-0.39, 0.29) is 18.7 Å². The number of aromatic nitrogens is 2. The van der Waals surface area contributed by atoms with Crippen LogP contribution in [0.1, 0.15) is 46.3 Å². The third-order valence-electron chi connectivity index (χ3n) is 4.93. The van der Waals surface area contributed by atoms with Crippen molar-refractivity contribution >= 4 is 5.91 Å². The molecule has 7 heteroatoms. The molecule has 0 spiro atoms. The predicted molar refractivity (Wildman–Crippen MR) is 95.1 cm³/mol. The second-order valence-corrected chi connectivity index (χ2v) is 6.72. The lowest BCUT2D eigenvalue weighted by Gasteiger charge is -2.21. The minimum absolute atomic E-state index is 0.158. The molecule has 1 saturated heterocycles. The van der Waals surface area contributed by atoms with Crippen LogP contribution >= 0.6 is 0 Å². The van der Waals surface area contributed by atoms with E-state index in [9.17, 15) is 4.79 Å². The predicted octanol–water partition coefficient (Wildman–Crippen LogP) is 2.21. The Morgan fingerprint density at radius 1 is 1.35 bits per heavy atom. The van der Waals surface area contributed by atoms with Crippen molar-refractivity contribution in [2.24, 2.45) is 0 Å². The molecule has 1 amide bonds. The number of hydrogen-bond acceptors (Lipinski definition) is 6. The van der Waals surface area contributed by atoms with E-state index in [1.807, 2.05) is 13.1 Å². The number of likely N-dealkylation sites (tertiary alicyclic amines) is 1. The van der Waals surface area contributed by atoms with Crippen LogP contribution < -0.4 is 14.8 Å². The lowest BCUT2D eigenvalue weighted by molar-refractivity contribution is 0.0950. The van der Waals surface area contributed by atoms with Gasteiger partial charge >= 0.3 is 0 Å². The summed E-state index contributed by atoms with van der Waals surface area (Å²) in [4.78, 5) is 23.8. The van der Waals surface area contributed by atoms with E-state index >= 15 is 0 Å². The SMILES string of the molecule is Cc1ncc(CNC(=O)c2ccc3c(c2)OCO3)c(C2CCCN2C)n1. The monoisotopic (exact) mass is 354 g/mol. The molecule has 0 radical (unpaired) electrons. The number of nitrogens with zero attached hydrogens (tertiary/aromatic N) is 3. The Morgan fingerprint density at radius 2 is 2.19 bits per heavy atom. The van der Waals surface area contributed by atoms with Gasteiger partial charge in [0.1, 0.15) is 5.82 Å². The summed E-state index contributed by atoms with van der Waals surface area (Å²) in [6.45, 7) is 3.55. The first-order valence-corrected chi connectivity index (χ1v) is 8.82. The molecule has 26 heavy (non-hydrogen) atoms. The number of benzene rings is 1. The summed E-state index contributed by atoms with van der Waals surface area (Å²) in [6, 6.07) is 5.48. The second kappa shape index (κ2) is 6.92. The fourth-order valence-electron chi connectivity index (χ4n) is 3.51. The minimum Gasteiger partial charge on any atom is -0.454 e. The molecule has 1 fully saturated rings. The third-order valence-corrected chi connectivity index (χ3v) is 4.93. The third kappa shape index (κ3) is 3.22. The zero-order chi connectivity index (χ0) is 18.1. The van der Waals surface area contributed by atoms with Crippen LogP contribution in [0, 0.1) is 6.92 Å². The van der Waals surface area contributed by atoms with Crippen molar-refractivity contribution in [1.82, 2.24) is 20.2 Å². The molecule has 0 saturated carbocycles. The first kappa shape index (κ1) is 16.8. The van der Waals surface area contributed by atoms with Gasteiger partial charge in [0, 0.05) is 23.9 Å². The van der Waals surface area contributed by atoms with Gasteiger partial charge in [-0.1, -0.05) is 0 Å². The summed E-state index contributed by atoms with van der Waals surface area (Å²) in [6.07, 6.45) is 4.06. The maximum absolute atomic E-state index is 12.5. The standard InChI is InChI=1S/C19H22N4O3/c1-12-20-9-14(18(22-12)15-4-3-7-23(15)2)10-21-19(24)13-5-6-16-17(8-13)26-11-25-16/h5-6,8-9,15H,3-4,7,10-11H2,1-2H3,(H,21,24). The average Bonchev–Trinajstić information content (AvgIpc) is 3.28. The van der Waals surface area contributed by atoms with Crippen molar-refractivity contribution < 1.29 is 14.3 Å². The number of aryl methyl sites for hydroxylation is 1. The molecule has 1 aromatic carbocycles. The Morgan fingerprint density at radius 3 is 3.00 bits per heavy atom. The highest BCUT2D eigenvalue weighted by Crippen LogP contribution is 2.33. The van der Waals surface area contributed by atoms with Crippen LogP contribution in [0.15, 0.2) is 24.4 Å². The van der Waals surface area contributed by atoms with Gasteiger partial charge in [0.25, 0.3) is 5.91 Å². The summed E-state index contributed by atoms with van der Waals surface area (Å²) in [5, 5.41) is 2.97. The van der Waals surface area contributed by atoms with Crippen molar-refractivity contribution in [3.8, 4) is 11.5 Å². The van der Waals surface area contributed by atoms with Crippen LogP contribution in [0.25, 0.3) is 0 Å².